The van der Waals surface area contributed by atoms with Gasteiger partial charge in [-0.15, -0.1) is 0 Å². The lowest BCUT2D eigenvalue weighted by Gasteiger charge is -2.24. The highest BCUT2D eigenvalue weighted by atomic mass is 32.2. The van der Waals surface area contributed by atoms with Crippen molar-refractivity contribution >= 4 is 54.1 Å². The van der Waals surface area contributed by atoms with E-state index in [-0.39, 0.29) is 24.5 Å². The van der Waals surface area contributed by atoms with E-state index in [9.17, 15) is 29.1 Å². The molecular formula is C18H32N4O7S2. The Bertz CT molecular complexity index is 648. The second-order valence-electron chi connectivity index (χ2n) is 7.19. The van der Waals surface area contributed by atoms with E-state index >= 15 is 0 Å². The van der Waals surface area contributed by atoms with Gasteiger partial charge in [-0.3, -0.25) is 19.2 Å². The average Bonchev–Trinajstić information content (AvgIpc) is 2.70. The third-order valence-corrected chi connectivity index (χ3v) is 5.35. The van der Waals surface area contributed by atoms with Crippen molar-refractivity contribution < 1.29 is 34.2 Å². The number of thiol groups is 1. The van der Waals surface area contributed by atoms with Crippen LogP contribution in [0.2, 0.25) is 0 Å². The van der Waals surface area contributed by atoms with Crippen LogP contribution in [0.4, 0.5) is 0 Å². The summed E-state index contributed by atoms with van der Waals surface area (Å²) in [6.45, 7) is 3.48. The monoisotopic (exact) mass is 480 g/mol. The van der Waals surface area contributed by atoms with Crippen LogP contribution in [0.25, 0.3) is 0 Å². The van der Waals surface area contributed by atoms with Gasteiger partial charge in [0, 0.05) is 12.2 Å². The Labute approximate surface area is 191 Å². The number of carbonyl (C=O) groups excluding carboxylic acids is 3. The van der Waals surface area contributed by atoms with E-state index < -0.39 is 60.2 Å². The Balaban J connectivity index is 5.31. The molecule has 7 N–H and O–H groups in total. The molecule has 4 unspecified atom stereocenters. The summed E-state index contributed by atoms with van der Waals surface area (Å²) in [5.74, 6) is -4.38. The zero-order valence-electron chi connectivity index (χ0n) is 17.8. The van der Waals surface area contributed by atoms with Gasteiger partial charge in [0.2, 0.25) is 17.7 Å². The molecule has 4 atom stereocenters. The van der Waals surface area contributed by atoms with Gasteiger partial charge in [0.25, 0.3) is 0 Å². The van der Waals surface area contributed by atoms with Crippen LogP contribution in [0.1, 0.15) is 33.1 Å². The number of aliphatic carboxylic acids is 2. The largest absolute Gasteiger partial charge is 0.481 e. The minimum atomic E-state index is -1.31. The lowest BCUT2D eigenvalue weighted by molar-refractivity contribution is -0.143. The fourth-order valence-electron chi connectivity index (χ4n) is 2.34. The van der Waals surface area contributed by atoms with Crippen molar-refractivity contribution in [2.24, 2.45) is 11.7 Å². The van der Waals surface area contributed by atoms with Crippen LogP contribution in [0.15, 0.2) is 0 Å². The Morgan fingerprint density at radius 3 is 1.87 bits per heavy atom. The molecule has 0 aromatic rings. The average molecular weight is 481 g/mol. The minimum absolute atomic E-state index is 0.0961. The first-order valence-electron chi connectivity index (χ1n) is 9.65. The quantitative estimate of drug-likeness (QED) is 0.145. The van der Waals surface area contributed by atoms with E-state index in [0.717, 1.165) is 0 Å². The first-order chi connectivity index (χ1) is 14.4. The van der Waals surface area contributed by atoms with Crippen LogP contribution in [0.3, 0.4) is 0 Å². The molecule has 0 spiro atoms. The maximum atomic E-state index is 12.6. The van der Waals surface area contributed by atoms with Crippen molar-refractivity contribution in [2.45, 2.75) is 57.3 Å². The zero-order valence-corrected chi connectivity index (χ0v) is 19.5. The number of carboxylic acid groups (broad SMARTS) is 2. The summed E-state index contributed by atoms with van der Waals surface area (Å²) >= 11 is 5.44. The van der Waals surface area contributed by atoms with Crippen LogP contribution >= 0.6 is 24.4 Å². The predicted octanol–water partition coefficient (Wildman–Crippen LogP) is -0.944. The second-order valence-corrected chi connectivity index (χ2v) is 8.54. The molecule has 0 aromatic heterocycles. The smallest absolute Gasteiger partial charge is 0.326 e. The molecule has 0 aliphatic carbocycles. The standard InChI is InChI=1S/C18H32N4O7S2/c1-9(2)14(19)17(27)22-12(8-30)16(26)20-10(4-5-13(23)24)15(25)21-11(18(28)29)6-7-31-3/h9-12,14,30H,4-8,19H2,1-3H3,(H,20,26)(H,21,25)(H,22,27)(H,23,24)(H,28,29). The van der Waals surface area contributed by atoms with Crippen LogP contribution in [0, 0.1) is 5.92 Å². The molecule has 0 fully saturated rings. The molecule has 3 amide bonds. The van der Waals surface area contributed by atoms with Crippen molar-refractivity contribution in [2.75, 3.05) is 17.8 Å². The molecule has 0 rings (SSSR count). The highest BCUT2D eigenvalue weighted by molar-refractivity contribution is 7.98. The molecule has 178 valence electrons. The number of carbonyl (C=O) groups is 5. The molecule has 0 aromatic carbocycles. The molecule has 0 aliphatic heterocycles. The summed E-state index contributed by atoms with van der Waals surface area (Å²) in [6, 6.07) is -4.46. The molecule has 0 bridgehead atoms. The summed E-state index contributed by atoms with van der Waals surface area (Å²) in [7, 11) is 0. The van der Waals surface area contributed by atoms with Crippen LogP contribution in [-0.4, -0.2) is 81.8 Å². The number of nitrogens with two attached hydrogens (primary N) is 1. The summed E-state index contributed by atoms with van der Waals surface area (Å²) in [5.41, 5.74) is 5.76. The van der Waals surface area contributed by atoms with Gasteiger partial charge in [-0.25, -0.2) is 4.79 Å². The van der Waals surface area contributed by atoms with Gasteiger partial charge in [0.1, 0.15) is 18.1 Å². The molecule has 0 heterocycles. The zero-order chi connectivity index (χ0) is 24.1. The SMILES string of the molecule is CSCCC(NC(=O)C(CCC(=O)O)NC(=O)C(CS)NC(=O)C(N)C(C)C)C(=O)O. The number of hydrogen-bond acceptors (Lipinski definition) is 8. The van der Waals surface area contributed by atoms with Crippen LogP contribution < -0.4 is 21.7 Å². The third kappa shape index (κ3) is 11.3. The normalized spacial score (nSPS) is 14.8. The van der Waals surface area contributed by atoms with E-state index in [0.29, 0.717) is 5.75 Å². The highest BCUT2D eigenvalue weighted by Gasteiger charge is 2.30. The first-order valence-corrected chi connectivity index (χ1v) is 11.7. The third-order valence-electron chi connectivity index (χ3n) is 4.34. The van der Waals surface area contributed by atoms with Gasteiger partial charge in [-0.1, -0.05) is 13.8 Å². The summed E-state index contributed by atoms with van der Waals surface area (Å²) in [6.07, 6.45) is 1.25. The Kier molecular flexibility index (Phi) is 14.0. The second kappa shape index (κ2) is 14.9. The predicted molar refractivity (Wildman–Crippen MR) is 120 cm³/mol. The number of rotatable bonds is 15. The van der Waals surface area contributed by atoms with Gasteiger partial charge >= 0.3 is 11.9 Å². The highest BCUT2D eigenvalue weighted by Crippen LogP contribution is 2.05. The van der Waals surface area contributed by atoms with Gasteiger partial charge in [0.15, 0.2) is 0 Å². The molecule has 0 saturated heterocycles. The van der Waals surface area contributed by atoms with Crippen molar-refractivity contribution in [3.63, 3.8) is 0 Å². The molecule has 11 nitrogen and oxygen atoms in total. The lowest BCUT2D eigenvalue weighted by atomic mass is 10.0. The molecular weight excluding hydrogens is 448 g/mol. The van der Waals surface area contributed by atoms with E-state index in [1.807, 2.05) is 0 Å². The maximum absolute atomic E-state index is 12.6. The van der Waals surface area contributed by atoms with Gasteiger partial charge in [-0.2, -0.15) is 24.4 Å². The number of amides is 3. The maximum Gasteiger partial charge on any atom is 0.326 e. The molecule has 0 aliphatic rings. The molecule has 13 heteroatoms. The fraction of sp³-hybridized carbons (Fsp3) is 0.722. The van der Waals surface area contributed by atoms with Gasteiger partial charge < -0.3 is 31.9 Å². The van der Waals surface area contributed by atoms with E-state index in [4.69, 9.17) is 10.8 Å². The number of carboxylic acids is 2. The number of hydrogen-bond donors (Lipinski definition) is 7. The number of nitrogens with one attached hydrogen (secondary N) is 3. The fourth-order valence-corrected chi connectivity index (χ4v) is 3.07. The van der Waals surface area contributed by atoms with Gasteiger partial charge in [0.05, 0.1) is 6.04 Å². The Morgan fingerprint density at radius 2 is 1.42 bits per heavy atom. The van der Waals surface area contributed by atoms with Gasteiger partial charge in [-0.05, 0) is 30.8 Å². The van der Waals surface area contributed by atoms with E-state index in [2.05, 4.69) is 28.6 Å². The molecule has 31 heavy (non-hydrogen) atoms. The number of thioether (sulfide) groups is 1. The Hall–Kier alpha value is -1.99. The van der Waals surface area contributed by atoms with E-state index in [1.165, 1.54) is 11.8 Å². The molecule has 0 saturated carbocycles. The summed E-state index contributed by atoms with van der Waals surface area (Å²) in [4.78, 5) is 59.6. The van der Waals surface area contributed by atoms with Crippen molar-refractivity contribution in [3.05, 3.63) is 0 Å². The van der Waals surface area contributed by atoms with E-state index in [1.54, 1.807) is 20.1 Å². The topological polar surface area (TPSA) is 188 Å². The van der Waals surface area contributed by atoms with Crippen LogP contribution in [0.5, 0.6) is 0 Å². The molecule has 0 radical (unpaired) electrons. The lowest BCUT2D eigenvalue weighted by Crippen LogP contribution is -2.58. The van der Waals surface area contributed by atoms with Crippen LogP contribution in [-0.2, 0) is 24.0 Å². The Morgan fingerprint density at radius 1 is 0.903 bits per heavy atom. The van der Waals surface area contributed by atoms with Crippen molar-refractivity contribution in [1.82, 2.24) is 16.0 Å². The van der Waals surface area contributed by atoms with Crippen molar-refractivity contribution in [3.8, 4) is 0 Å². The van der Waals surface area contributed by atoms with Crippen molar-refractivity contribution in [1.29, 1.82) is 0 Å². The summed E-state index contributed by atoms with van der Waals surface area (Å²) < 4.78 is 0. The summed E-state index contributed by atoms with van der Waals surface area (Å²) in [5, 5.41) is 25.4. The minimum Gasteiger partial charge on any atom is -0.481 e. The first kappa shape index (κ1) is 29.0.